The molecule has 59 heavy (non-hydrogen) atoms. The van der Waals surface area contributed by atoms with Crippen LogP contribution in [-0.4, -0.2) is 64.8 Å². The van der Waals surface area contributed by atoms with Crippen molar-refractivity contribution < 1.29 is 39.9 Å². The number of hydrogen-bond donors (Lipinski definition) is 4. The number of sulfone groups is 1. The summed E-state index contributed by atoms with van der Waals surface area (Å²) in [4.78, 5) is 14.0. The van der Waals surface area contributed by atoms with Crippen molar-refractivity contribution in [2.45, 2.75) is 51.6 Å². The number of piperidine rings is 1. The Bertz CT molecular complexity index is 2450. The lowest BCUT2D eigenvalue weighted by atomic mass is 9.84. The predicted molar refractivity (Wildman–Crippen MR) is 226 cm³/mol. The Morgan fingerprint density at radius 3 is 2.17 bits per heavy atom. The highest BCUT2D eigenvalue weighted by Gasteiger charge is 2.48. The van der Waals surface area contributed by atoms with E-state index in [0.717, 1.165) is 39.4 Å². The van der Waals surface area contributed by atoms with Crippen LogP contribution in [0.5, 0.6) is 0 Å². The number of thioether (sulfide) groups is 1. The summed E-state index contributed by atoms with van der Waals surface area (Å²) in [6.45, 7) is 1.35. The number of nitrogens with one attached hydrogen (secondary N) is 2. The maximum absolute atomic E-state index is 13.9. The van der Waals surface area contributed by atoms with Gasteiger partial charge in [-0.05, 0) is 115 Å². The number of alkyl halides is 3. The molecule has 5 aromatic rings. The van der Waals surface area contributed by atoms with Gasteiger partial charge in [0.2, 0.25) is 0 Å². The molecule has 10 nitrogen and oxygen atoms in total. The van der Waals surface area contributed by atoms with E-state index < -0.39 is 58.9 Å². The fraction of sp³-hybridized carbons (Fsp3) is 0.262. The van der Waals surface area contributed by atoms with E-state index in [1.54, 1.807) is 12.1 Å². The molecule has 1 heterocycles. The van der Waals surface area contributed by atoms with Gasteiger partial charge in [0.05, 0.1) is 16.7 Å². The van der Waals surface area contributed by atoms with Crippen LogP contribution in [-0.2, 0) is 19.9 Å². The SMILES string of the molecule is NCC[C@H](CSc1ccccc1)Nc1ccc(S(=O)(=O)NC(=O)c2ccc(N3CCC([C@H](O)c4ccccc4-c4ccc(Cl)cc4)CC3)cc2)cc1S(=O)(=O)C(F)(F)F. The number of benzene rings is 5. The Kier molecular flexibility index (Phi) is 14.0. The standard InChI is InChI=1S/C42H42ClF3N4O6S3/c43-31-14-10-28(11-15-31)36-8-4-5-9-37(36)40(51)29-21-24-50(25-22-29)33-16-12-30(13-17-33)41(52)49-59(55,56)35-18-19-38(39(26-35)58(53,54)42(44,45)46)48-32(20-23-47)27-57-34-6-2-1-3-7-34/h1-19,26,29,32,40,48,51H,20-25,27,47H2,(H,49,52)/t32-,40+/m1/s1. The number of nitrogens with two attached hydrogens (primary N) is 1. The molecule has 1 amide bonds. The highest BCUT2D eigenvalue weighted by atomic mass is 35.5. The van der Waals surface area contributed by atoms with Gasteiger partial charge >= 0.3 is 5.51 Å². The highest BCUT2D eigenvalue weighted by Crippen LogP contribution is 2.39. The summed E-state index contributed by atoms with van der Waals surface area (Å²) in [6, 6.07) is 32.1. The molecule has 1 fully saturated rings. The van der Waals surface area contributed by atoms with Crippen molar-refractivity contribution in [2.75, 3.05) is 35.6 Å². The molecule has 0 spiro atoms. The lowest BCUT2D eigenvalue weighted by molar-refractivity contribution is -0.0435. The zero-order valence-corrected chi connectivity index (χ0v) is 34.7. The van der Waals surface area contributed by atoms with Crippen LogP contribution in [0.3, 0.4) is 0 Å². The quantitative estimate of drug-likeness (QED) is 0.0754. The van der Waals surface area contributed by atoms with E-state index in [4.69, 9.17) is 17.3 Å². The first-order valence-electron chi connectivity index (χ1n) is 18.6. The Labute approximate surface area is 350 Å². The molecule has 1 aliphatic heterocycles. The highest BCUT2D eigenvalue weighted by molar-refractivity contribution is 7.99. The van der Waals surface area contributed by atoms with Crippen LogP contribution in [0.1, 0.15) is 41.3 Å². The summed E-state index contributed by atoms with van der Waals surface area (Å²) >= 11 is 7.46. The molecule has 0 aromatic heterocycles. The van der Waals surface area contributed by atoms with E-state index in [-0.39, 0.29) is 24.4 Å². The summed E-state index contributed by atoms with van der Waals surface area (Å²) in [7, 11) is -10.9. The molecule has 5 aromatic carbocycles. The molecule has 17 heteroatoms. The second-order valence-corrected chi connectivity index (χ2v) is 19.1. The molecular weight excluding hydrogens is 845 g/mol. The summed E-state index contributed by atoms with van der Waals surface area (Å²) in [5, 5.41) is 14.9. The monoisotopic (exact) mass is 886 g/mol. The van der Waals surface area contributed by atoms with Gasteiger partial charge in [-0.3, -0.25) is 4.79 Å². The molecule has 0 unspecified atom stereocenters. The van der Waals surface area contributed by atoms with Crippen LogP contribution in [0.25, 0.3) is 11.1 Å². The molecule has 6 rings (SSSR count). The number of halogens is 4. The van der Waals surface area contributed by atoms with Gasteiger partial charge in [-0.1, -0.05) is 66.2 Å². The summed E-state index contributed by atoms with van der Waals surface area (Å²) in [5.41, 5.74) is 2.94. The molecule has 1 saturated heterocycles. The van der Waals surface area contributed by atoms with Crippen molar-refractivity contribution in [1.82, 2.24) is 4.72 Å². The third-order valence-electron chi connectivity index (χ3n) is 10.1. The number of carbonyl (C=O) groups is 1. The zero-order valence-electron chi connectivity index (χ0n) is 31.5. The average Bonchev–Trinajstić information content (AvgIpc) is 3.23. The van der Waals surface area contributed by atoms with E-state index in [1.165, 1.54) is 23.9 Å². The number of anilines is 2. The largest absolute Gasteiger partial charge is 0.501 e. The van der Waals surface area contributed by atoms with Crippen LogP contribution >= 0.6 is 23.4 Å². The molecule has 0 saturated carbocycles. The number of carbonyl (C=O) groups excluding carboxylic acids is 1. The summed E-state index contributed by atoms with van der Waals surface area (Å²) in [6.07, 6.45) is 0.920. The molecule has 0 radical (unpaired) electrons. The topological polar surface area (TPSA) is 159 Å². The minimum atomic E-state index is -6.05. The first-order chi connectivity index (χ1) is 28.1. The fourth-order valence-electron chi connectivity index (χ4n) is 6.91. The second-order valence-electron chi connectivity index (χ2n) is 14.0. The van der Waals surface area contributed by atoms with Crippen LogP contribution in [0.4, 0.5) is 24.5 Å². The van der Waals surface area contributed by atoms with E-state index >= 15 is 0 Å². The first kappa shape index (κ1) is 44.0. The van der Waals surface area contributed by atoms with Gasteiger partial charge in [0, 0.05) is 46.1 Å². The van der Waals surface area contributed by atoms with Gasteiger partial charge in [0.15, 0.2) is 0 Å². The molecule has 0 bridgehead atoms. The minimum Gasteiger partial charge on any atom is -0.388 e. The summed E-state index contributed by atoms with van der Waals surface area (Å²) in [5.74, 6) is -0.775. The Hall–Kier alpha value is -4.58. The summed E-state index contributed by atoms with van der Waals surface area (Å²) < 4.78 is 95.9. The van der Waals surface area contributed by atoms with Crippen molar-refractivity contribution in [3.63, 3.8) is 0 Å². The fourth-order valence-corrected chi connectivity index (χ4v) is 10.0. The Morgan fingerprint density at radius 2 is 1.53 bits per heavy atom. The van der Waals surface area contributed by atoms with E-state index in [1.807, 2.05) is 83.6 Å². The van der Waals surface area contributed by atoms with E-state index in [9.17, 15) is 39.9 Å². The lowest BCUT2D eigenvalue weighted by Gasteiger charge is -2.36. The normalized spacial score (nSPS) is 15.1. The molecule has 0 aliphatic carbocycles. The minimum absolute atomic E-state index is 0.0162. The number of aliphatic hydroxyl groups is 1. The van der Waals surface area contributed by atoms with Gasteiger partial charge in [0.1, 0.15) is 4.90 Å². The third-order valence-corrected chi connectivity index (χ3v) is 14.4. The van der Waals surface area contributed by atoms with Gasteiger partial charge in [-0.2, -0.15) is 13.2 Å². The maximum Gasteiger partial charge on any atom is 0.501 e. The molecule has 312 valence electrons. The molecule has 2 atom stereocenters. The number of rotatable bonds is 15. The van der Waals surface area contributed by atoms with Gasteiger partial charge in [0.25, 0.3) is 25.8 Å². The van der Waals surface area contributed by atoms with Crippen LogP contribution in [0.2, 0.25) is 5.02 Å². The zero-order chi connectivity index (χ0) is 42.4. The molecular formula is C42H42ClF3N4O6S3. The van der Waals surface area contributed by atoms with E-state index in [0.29, 0.717) is 42.8 Å². The predicted octanol–water partition coefficient (Wildman–Crippen LogP) is 8.29. The van der Waals surface area contributed by atoms with Gasteiger partial charge < -0.3 is 21.1 Å². The molecule has 1 aliphatic rings. The first-order valence-corrected chi connectivity index (χ1v) is 23.0. The average molecular weight is 887 g/mol. The number of amides is 1. The van der Waals surface area contributed by atoms with Crippen molar-refractivity contribution >= 4 is 60.5 Å². The Morgan fingerprint density at radius 1 is 0.881 bits per heavy atom. The number of nitrogens with zero attached hydrogens (tertiary/aromatic N) is 1. The van der Waals surface area contributed by atoms with Crippen molar-refractivity contribution in [3.8, 4) is 11.1 Å². The lowest BCUT2D eigenvalue weighted by Crippen LogP contribution is -2.36. The van der Waals surface area contributed by atoms with E-state index in [2.05, 4.69) is 10.2 Å². The van der Waals surface area contributed by atoms with Crippen LogP contribution in [0, 0.1) is 5.92 Å². The van der Waals surface area contributed by atoms with Crippen molar-refractivity contribution in [1.29, 1.82) is 0 Å². The van der Waals surface area contributed by atoms with Crippen LogP contribution in [0.15, 0.2) is 136 Å². The maximum atomic E-state index is 13.9. The number of aliphatic hydroxyl groups excluding tert-OH is 1. The second kappa shape index (κ2) is 18.8. The Balaban J connectivity index is 1.12. The van der Waals surface area contributed by atoms with Gasteiger partial charge in [-0.15, -0.1) is 11.8 Å². The van der Waals surface area contributed by atoms with Gasteiger partial charge in [-0.25, -0.2) is 21.6 Å². The van der Waals surface area contributed by atoms with Crippen molar-refractivity contribution in [3.05, 3.63) is 137 Å². The third kappa shape index (κ3) is 10.6. The molecule has 5 N–H and O–H groups in total. The smallest absolute Gasteiger partial charge is 0.388 e. The van der Waals surface area contributed by atoms with Crippen molar-refractivity contribution in [2.24, 2.45) is 11.7 Å². The number of sulfonamides is 1. The number of hydrogen-bond acceptors (Lipinski definition) is 10. The van der Waals surface area contributed by atoms with Crippen LogP contribution < -0.4 is 20.7 Å².